The first-order valence-corrected chi connectivity index (χ1v) is 21.2. The van der Waals surface area contributed by atoms with Crippen LogP contribution >= 0.6 is 0 Å². The maximum absolute atomic E-state index is 13.4. The fraction of sp³-hybridized carbons (Fsp3) is 0.277. The van der Waals surface area contributed by atoms with Crippen molar-refractivity contribution in [3.63, 3.8) is 0 Å². The van der Waals surface area contributed by atoms with Gasteiger partial charge in [-0.1, -0.05) is 24.5 Å². The summed E-state index contributed by atoms with van der Waals surface area (Å²) in [6, 6.07) is 18.3. The number of piperidine rings is 1. The van der Waals surface area contributed by atoms with Crippen LogP contribution in [0.25, 0.3) is 16.6 Å². The summed E-state index contributed by atoms with van der Waals surface area (Å²) in [7, 11) is 0. The Morgan fingerprint density at radius 3 is 2.56 bits per heavy atom. The molecule has 2 saturated heterocycles. The number of nitrogens with one attached hydrogen (secondary N) is 3. The zero-order valence-corrected chi connectivity index (χ0v) is 35.0. The minimum absolute atomic E-state index is 0.0254. The molecule has 2 fully saturated rings. The normalized spacial score (nSPS) is 16.4. The Morgan fingerprint density at radius 2 is 1.72 bits per heavy atom. The van der Waals surface area contributed by atoms with Crippen LogP contribution in [0.2, 0.25) is 0 Å². The molecule has 0 saturated carbocycles. The van der Waals surface area contributed by atoms with Crippen molar-refractivity contribution in [3.05, 3.63) is 119 Å². The summed E-state index contributed by atoms with van der Waals surface area (Å²) < 4.78 is 1.67. The molecule has 0 aliphatic carbocycles. The van der Waals surface area contributed by atoms with Crippen LogP contribution in [0.5, 0.6) is 0 Å². The Bertz CT molecular complexity index is 2950. The van der Waals surface area contributed by atoms with Gasteiger partial charge in [-0.3, -0.25) is 43.9 Å². The minimum atomic E-state index is -1.08. The minimum Gasteiger partial charge on any atom is -0.353 e. The Kier molecular flexibility index (Phi) is 11.6. The highest BCUT2D eigenvalue weighted by atomic mass is 16.2. The van der Waals surface area contributed by atoms with Crippen molar-refractivity contribution in [1.82, 2.24) is 39.7 Å². The molecule has 1 atom stereocenters. The van der Waals surface area contributed by atoms with Gasteiger partial charge in [0.05, 0.1) is 28.5 Å². The predicted octanol–water partition coefficient (Wildman–Crippen LogP) is 4.36. The van der Waals surface area contributed by atoms with E-state index in [0.29, 0.717) is 29.0 Å². The molecule has 17 heteroatoms. The number of piperazine rings is 1. The van der Waals surface area contributed by atoms with Crippen LogP contribution in [0.4, 0.5) is 17.2 Å². The van der Waals surface area contributed by atoms with Crippen molar-refractivity contribution < 1.29 is 28.8 Å². The lowest BCUT2D eigenvalue weighted by Crippen LogP contribution is -2.54. The molecule has 1 unspecified atom stereocenters. The summed E-state index contributed by atoms with van der Waals surface area (Å²) in [5.74, 6) is 4.20. The number of imide groups is 2. The van der Waals surface area contributed by atoms with Gasteiger partial charge in [0.2, 0.25) is 17.7 Å². The molecule has 3 aliphatic heterocycles. The van der Waals surface area contributed by atoms with Gasteiger partial charge in [-0.05, 0) is 98.8 Å². The Labute approximate surface area is 367 Å². The molecule has 0 bridgehead atoms. The van der Waals surface area contributed by atoms with Crippen molar-refractivity contribution in [1.29, 1.82) is 0 Å². The highest BCUT2D eigenvalue weighted by Gasteiger charge is 2.45. The van der Waals surface area contributed by atoms with Gasteiger partial charge >= 0.3 is 0 Å². The third-order valence-electron chi connectivity index (χ3n) is 11.8. The standard InChI is InChI=1S/C47H43N11O6/c1-29-11-12-31(25-30(29)13-15-33-27-48-39-9-6-19-51-58(33)39)44(61)52-32-14-16-34-37(26-32)49-28-50-43(34)56-23-21-55(22-24-56)20-4-2-3-10-40(59)53-36-8-5-7-35-42(36)47(64)57(46(35)63)38-17-18-41(60)54-45(38)62/h5-9,11-12,14,16,19,25-28,38H,2-4,10,17-18,20-24H2,1H3,(H,52,61)(H,53,59)(H,54,60,62). The number of benzene rings is 3. The van der Waals surface area contributed by atoms with Crippen molar-refractivity contribution in [3.8, 4) is 11.8 Å². The van der Waals surface area contributed by atoms with Gasteiger partial charge in [-0.25, -0.2) is 19.5 Å². The summed E-state index contributed by atoms with van der Waals surface area (Å²) in [4.78, 5) is 96.0. The van der Waals surface area contributed by atoms with Crippen LogP contribution in [-0.2, 0) is 14.4 Å². The van der Waals surface area contributed by atoms with E-state index in [1.807, 2.05) is 43.3 Å². The molecule has 3 aliphatic rings. The monoisotopic (exact) mass is 857 g/mol. The van der Waals surface area contributed by atoms with Crippen LogP contribution in [0, 0.1) is 18.8 Å². The van der Waals surface area contributed by atoms with Gasteiger partial charge in [-0.15, -0.1) is 0 Å². The summed E-state index contributed by atoms with van der Waals surface area (Å²) in [6.45, 7) is 6.09. The molecule has 64 heavy (non-hydrogen) atoms. The average Bonchev–Trinajstić information content (AvgIpc) is 3.83. The van der Waals surface area contributed by atoms with Crippen LogP contribution < -0.4 is 20.9 Å². The van der Waals surface area contributed by atoms with Gasteiger partial charge < -0.3 is 15.5 Å². The number of rotatable bonds is 11. The molecular formula is C47H43N11O6. The molecule has 3 aromatic heterocycles. The zero-order valence-electron chi connectivity index (χ0n) is 35.0. The number of unbranched alkanes of at least 4 members (excludes halogenated alkanes) is 2. The lowest BCUT2D eigenvalue weighted by Gasteiger charge is -2.35. The lowest BCUT2D eigenvalue weighted by atomic mass is 10.0. The summed E-state index contributed by atoms with van der Waals surface area (Å²) >= 11 is 0. The molecule has 9 rings (SSSR count). The summed E-state index contributed by atoms with van der Waals surface area (Å²) in [5.41, 5.74) is 5.24. The van der Waals surface area contributed by atoms with E-state index in [2.05, 4.69) is 57.6 Å². The zero-order chi connectivity index (χ0) is 44.3. The lowest BCUT2D eigenvalue weighted by molar-refractivity contribution is -0.136. The summed E-state index contributed by atoms with van der Waals surface area (Å²) in [5, 5.41) is 13.2. The number of carbonyl (C=O) groups excluding carboxylic acids is 6. The van der Waals surface area contributed by atoms with Crippen LogP contribution in [0.15, 0.2) is 85.5 Å². The molecule has 0 spiro atoms. The quantitative estimate of drug-likeness (QED) is 0.0946. The molecule has 6 aromatic rings. The van der Waals surface area contributed by atoms with Gasteiger partial charge in [0, 0.05) is 67.4 Å². The van der Waals surface area contributed by atoms with E-state index in [-0.39, 0.29) is 47.9 Å². The Hall–Kier alpha value is -7.84. The highest BCUT2D eigenvalue weighted by molar-refractivity contribution is 6.26. The average molecular weight is 858 g/mol. The second-order valence-electron chi connectivity index (χ2n) is 16.0. The van der Waals surface area contributed by atoms with Gasteiger partial charge in [0.25, 0.3) is 17.7 Å². The van der Waals surface area contributed by atoms with E-state index in [4.69, 9.17) is 0 Å². The van der Waals surface area contributed by atoms with E-state index in [1.165, 1.54) is 6.07 Å². The number of aromatic nitrogens is 5. The Morgan fingerprint density at radius 1 is 0.859 bits per heavy atom. The first-order chi connectivity index (χ1) is 31.1. The molecule has 6 amide bonds. The molecule has 17 nitrogen and oxygen atoms in total. The molecule has 3 N–H and O–H groups in total. The number of imidazole rings is 1. The first-order valence-electron chi connectivity index (χ1n) is 21.2. The highest BCUT2D eigenvalue weighted by Crippen LogP contribution is 2.33. The predicted molar refractivity (Wildman–Crippen MR) is 237 cm³/mol. The third-order valence-corrected chi connectivity index (χ3v) is 11.8. The van der Waals surface area contributed by atoms with Crippen molar-refractivity contribution in [2.24, 2.45) is 0 Å². The first kappa shape index (κ1) is 41.5. The van der Waals surface area contributed by atoms with E-state index in [0.717, 1.165) is 78.3 Å². The maximum Gasteiger partial charge on any atom is 0.264 e. The number of carbonyl (C=O) groups is 6. The number of amides is 6. The van der Waals surface area contributed by atoms with E-state index in [9.17, 15) is 28.8 Å². The number of anilines is 3. The second kappa shape index (κ2) is 17.9. The fourth-order valence-corrected chi connectivity index (χ4v) is 8.33. The molecule has 0 radical (unpaired) electrons. The molecule has 322 valence electrons. The van der Waals surface area contributed by atoms with Crippen LogP contribution in [0.3, 0.4) is 0 Å². The van der Waals surface area contributed by atoms with E-state index < -0.39 is 29.7 Å². The number of nitrogens with zero attached hydrogens (tertiary/aromatic N) is 8. The maximum atomic E-state index is 13.4. The van der Waals surface area contributed by atoms with Crippen molar-refractivity contribution >= 4 is 69.2 Å². The fourth-order valence-electron chi connectivity index (χ4n) is 8.33. The molecule has 6 heterocycles. The molecule has 3 aromatic carbocycles. The smallest absolute Gasteiger partial charge is 0.264 e. The number of hydrogen-bond donors (Lipinski definition) is 3. The summed E-state index contributed by atoms with van der Waals surface area (Å²) in [6.07, 6.45) is 7.62. The van der Waals surface area contributed by atoms with Crippen molar-refractivity contribution in [2.45, 2.75) is 51.5 Å². The second-order valence-corrected chi connectivity index (χ2v) is 16.0. The number of aryl methyl sites for hydroxylation is 1. The number of fused-ring (bicyclic) bond motifs is 3. The van der Waals surface area contributed by atoms with Crippen LogP contribution in [0.1, 0.15) is 86.4 Å². The number of hydrogen-bond acceptors (Lipinski definition) is 12. The largest absolute Gasteiger partial charge is 0.353 e. The van der Waals surface area contributed by atoms with Gasteiger partial charge in [0.15, 0.2) is 5.65 Å². The molecular weight excluding hydrogens is 815 g/mol. The van der Waals surface area contributed by atoms with E-state index >= 15 is 0 Å². The van der Waals surface area contributed by atoms with Gasteiger partial charge in [0.1, 0.15) is 23.9 Å². The Balaban J connectivity index is 0.735. The topological polar surface area (TPSA) is 204 Å². The van der Waals surface area contributed by atoms with Crippen molar-refractivity contribution in [2.75, 3.05) is 48.3 Å². The van der Waals surface area contributed by atoms with Crippen LogP contribution in [-0.4, -0.2) is 109 Å². The SMILES string of the molecule is Cc1ccc(C(=O)Nc2ccc3c(N4CCN(CCCCCC(=O)Nc5cccc6c5C(=O)N(C5CCC(=O)NC5=O)C6=O)CC4)ncnc3c2)cc1C#Cc1cnc2cccnn12. The van der Waals surface area contributed by atoms with E-state index in [1.54, 1.807) is 47.5 Å². The van der Waals surface area contributed by atoms with Gasteiger partial charge in [-0.2, -0.15) is 5.10 Å². The third kappa shape index (κ3) is 8.50.